The lowest BCUT2D eigenvalue weighted by molar-refractivity contribution is 0.596. The molecule has 0 radical (unpaired) electrons. The molecule has 4 heteroatoms. The van der Waals surface area contributed by atoms with Crippen LogP contribution in [0.5, 0.6) is 0 Å². The van der Waals surface area contributed by atoms with Gasteiger partial charge in [-0.1, -0.05) is 0 Å². The van der Waals surface area contributed by atoms with Crippen molar-refractivity contribution in [1.29, 1.82) is 5.39 Å². The Morgan fingerprint density at radius 2 is 1.91 bits per heavy atom. The molecule has 0 unspecified atom stereocenters. The fourth-order valence-electron chi connectivity index (χ4n) is 0.712. The van der Waals surface area contributed by atoms with E-state index in [1.807, 2.05) is 0 Å². The van der Waals surface area contributed by atoms with Gasteiger partial charge in [0.1, 0.15) is 5.82 Å². The number of hydrogen-bond donors (Lipinski definition) is 0. The first-order valence-corrected chi connectivity index (χ1v) is 2.96. The molecule has 0 aliphatic carbocycles. The molecule has 0 amide bonds. The summed E-state index contributed by atoms with van der Waals surface area (Å²) >= 11 is 0. The van der Waals surface area contributed by atoms with Gasteiger partial charge in [0.25, 0.3) is 0 Å². The van der Waals surface area contributed by atoms with E-state index in [1.165, 1.54) is 6.92 Å². The maximum atomic E-state index is 12.6. The summed E-state index contributed by atoms with van der Waals surface area (Å²) < 4.78 is 25.2. The van der Waals surface area contributed by atoms with Crippen LogP contribution < -0.4 is 0 Å². The van der Waals surface area contributed by atoms with Gasteiger partial charge < -0.3 is 0 Å². The summed E-state index contributed by atoms with van der Waals surface area (Å²) in [4.78, 5) is 2.56. The number of halogens is 2. The highest BCUT2D eigenvalue weighted by Gasteiger charge is 2.16. The highest BCUT2D eigenvalue weighted by atomic mass is 19.1. The summed E-state index contributed by atoms with van der Waals surface area (Å²) in [5, 5.41) is 8.15. The van der Waals surface area contributed by atoms with Gasteiger partial charge in [-0.15, -0.1) is 0 Å². The first-order valence-electron chi connectivity index (χ1n) is 2.96. The molecule has 0 heterocycles. The Balaban J connectivity index is 3.35. The average molecular weight is 155 g/mol. The summed E-state index contributed by atoms with van der Waals surface area (Å²) in [5.74, 6) is -1.31. The van der Waals surface area contributed by atoms with Gasteiger partial charge >= 0.3 is 5.69 Å². The third-order valence-corrected chi connectivity index (χ3v) is 1.34. The molecule has 0 atom stereocenters. The molecule has 11 heavy (non-hydrogen) atoms. The number of rotatable bonds is 0. The predicted octanol–water partition coefficient (Wildman–Crippen LogP) is 2.76. The average Bonchev–Trinajstić information content (AvgIpc) is 1.97. The van der Waals surface area contributed by atoms with E-state index in [0.717, 1.165) is 12.1 Å². The predicted molar refractivity (Wildman–Crippen MR) is 35.8 cm³/mol. The first-order chi connectivity index (χ1) is 5.15. The number of aryl methyl sites for hydroxylation is 1. The maximum absolute atomic E-state index is 12.6. The zero-order valence-corrected chi connectivity index (χ0v) is 5.81. The number of diazo groups is 1. The third kappa shape index (κ3) is 1.32. The minimum absolute atomic E-state index is 0.190. The van der Waals surface area contributed by atoms with E-state index in [9.17, 15) is 8.78 Å². The molecule has 0 bridgehead atoms. The zero-order chi connectivity index (χ0) is 8.43. The number of hydrogen-bond acceptors (Lipinski definition) is 1. The molecule has 56 valence electrons. The summed E-state index contributed by atoms with van der Waals surface area (Å²) in [6.45, 7) is 1.43. The van der Waals surface area contributed by atoms with Gasteiger partial charge in [0.15, 0.2) is 4.98 Å². The highest BCUT2D eigenvalue weighted by Crippen LogP contribution is 2.20. The zero-order valence-electron chi connectivity index (χ0n) is 5.81. The van der Waals surface area contributed by atoms with Crippen molar-refractivity contribution in [2.75, 3.05) is 0 Å². The van der Waals surface area contributed by atoms with Gasteiger partial charge in [-0.25, -0.2) is 4.39 Å². The second-order valence-corrected chi connectivity index (χ2v) is 2.15. The molecular formula is C7H5F2N2+. The van der Waals surface area contributed by atoms with Crippen molar-refractivity contribution in [3.05, 3.63) is 34.3 Å². The SMILES string of the molecule is Cc1cc(F)c([N+]#N)cc1F. The van der Waals surface area contributed by atoms with Crippen LogP contribution in [0.4, 0.5) is 14.5 Å². The summed E-state index contributed by atoms with van der Waals surface area (Å²) in [6.07, 6.45) is 0. The van der Waals surface area contributed by atoms with E-state index in [0.29, 0.717) is 0 Å². The molecule has 1 aromatic rings. The van der Waals surface area contributed by atoms with E-state index in [4.69, 9.17) is 5.39 Å². The highest BCUT2D eigenvalue weighted by molar-refractivity contribution is 5.46. The normalized spacial score (nSPS) is 9.27. The fourth-order valence-corrected chi connectivity index (χ4v) is 0.712. The summed E-state index contributed by atoms with van der Waals surface area (Å²) in [6, 6.07) is 1.81. The molecule has 1 aromatic carbocycles. The van der Waals surface area contributed by atoms with Crippen LogP contribution in [-0.4, -0.2) is 0 Å². The van der Waals surface area contributed by atoms with E-state index < -0.39 is 11.6 Å². The van der Waals surface area contributed by atoms with Crippen molar-refractivity contribution < 1.29 is 8.78 Å². The Morgan fingerprint density at radius 3 is 2.45 bits per heavy atom. The van der Waals surface area contributed by atoms with E-state index in [2.05, 4.69) is 4.98 Å². The lowest BCUT2D eigenvalue weighted by Crippen LogP contribution is -1.83. The number of nitrogens with zero attached hydrogens (tertiary/aromatic N) is 2. The minimum atomic E-state index is -0.730. The minimum Gasteiger partial charge on any atom is -0.206 e. The van der Waals surface area contributed by atoms with Crippen LogP contribution >= 0.6 is 0 Å². The molecular weight excluding hydrogens is 150 g/mol. The van der Waals surface area contributed by atoms with Crippen LogP contribution in [0.1, 0.15) is 5.56 Å². The first kappa shape index (κ1) is 7.61. The molecule has 2 nitrogen and oxygen atoms in total. The molecule has 0 fully saturated rings. The Bertz CT molecular complexity index is 328. The van der Waals surface area contributed by atoms with E-state index in [1.54, 1.807) is 0 Å². The van der Waals surface area contributed by atoms with Crippen molar-refractivity contribution in [2.24, 2.45) is 0 Å². The molecule has 1 rings (SSSR count). The Labute approximate surface area is 62.1 Å². The van der Waals surface area contributed by atoms with Crippen LogP contribution in [0.2, 0.25) is 0 Å². The third-order valence-electron chi connectivity index (χ3n) is 1.34. The van der Waals surface area contributed by atoms with Crippen LogP contribution in [0, 0.1) is 24.0 Å². The van der Waals surface area contributed by atoms with Crippen LogP contribution in [-0.2, 0) is 0 Å². The van der Waals surface area contributed by atoms with E-state index >= 15 is 0 Å². The second kappa shape index (κ2) is 2.62. The van der Waals surface area contributed by atoms with Crippen LogP contribution in [0.25, 0.3) is 4.98 Å². The Kier molecular flexibility index (Phi) is 1.81. The molecule has 0 saturated carbocycles. The van der Waals surface area contributed by atoms with Crippen molar-refractivity contribution in [1.82, 2.24) is 0 Å². The van der Waals surface area contributed by atoms with Gasteiger partial charge in [-0.05, 0) is 18.6 Å². The van der Waals surface area contributed by atoms with Crippen molar-refractivity contribution in [2.45, 2.75) is 6.92 Å². The molecule has 0 aromatic heterocycles. The second-order valence-electron chi connectivity index (χ2n) is 2.15. The molecule has 0 spiro atoms. The summed E-state index contributed by atoms with van der Waals surface area (Å²) in [7, 11) is 0. The van der Waals surface area contributed by atoms with Crippen LogP contribution in [0.3, 0.4) is 0 Å². The van der Waals surface area contributed by atoms with Crippen molar-refractivity contribution >= 4 is 5.69 Å². The lowest BCUT2D eigenvalue weighted by Gasteiger charge is -1.90. The largest absolute Gasteiger partial charge is 0.423 e. The van der Waals surface area contributed by atoms with Crippen molar-refractivity contribution in [3.63, 3.8) is 0 Å². The van der Waals surface area contributed by atoms with Gasteiger partial charge in [-0.3, -0.25) is 0 Å². The van der Waals surface area contributed by atoms with E-state index in [-0.39, 0.29) is 11.3 Å². The van der Waals surface area contributed by atoms with Gasteiger partial charge in [0.05, 0.1) is 6.07 Å². The van der Waals surface area contributed by atoms with Crippen LogP contribution in [0.15, 0.2) is 12.1 Å². The molecule has 0 saturated heterocycles. The van der Waals surface area contributed by atoms with Gasteiger partial charge in [0, 0.05) is 0 Å². The standard InChI is InChI=1S/C7H5F2N2/c1-4-2-6(9)7(11-10)3-5(4)8/h2-3H,1H3/q+1. The quantitative estimate of drug-likeness (QED) is 0.529. The maximum Gasteiger partial charge on any atom is 0.423 e. The Morgan fingerprint density at radius 1 is 1.27 bits per heavy atom. The molecule has 0 aliphatic rings. The summed E-state index contributed by atoms with van der Waals surface area (Å²) in [5.41, 5.74) is -0.192. The molecule has 0 N–H and O–H groups in total. The molecule has 0 aliphatic heterocycles. The van der Waals surface area contributed by atoms with Gasteiger partial charge in [0.2, 0.25) is 11.2 Å². The Hall–Kier alpha value is -1.50. The number of benzene rings is 1. The van der Waals surface area contributed by atoms with Crippen molar-refractivity contribution in [3.8, 4) is 0 Å². The lowest BCUT2D eigenvalue weighted by atomic mass is 10.2. The topological polar surface area (TPSA) is 28.1 Å². The fraction of sp³-hybridized carbons (Fsp3) is 0.143. The van der Waals surface area contributed by atoms with Gasteiger partial charge in [-0.2, -0.15) is 4.39 Å². The smallest absolute Gasteiger partial charge is 0.206 e. The monoisotopic (exact) mass is 155 g/mol.